The molecule has 1 aliphatic heterocycles. The Balaban J connectivity index is 1.91. The van der Waals surface area contributed by atoms with Crippen LogP contribution in [0.5, 0.6) is 0 Å². The monoisotopic (exact) mass is 435 g/mol. The molecule has 31 heavy (non-hydrogen) atoms. The van der Waals surface area contributed by atoms with E-state index in [1.165, 1.54) is 35.4 Å². The number of ketones is 1. The molecule has 154 valence electrons. The second kappa shape index (κ2) is 8.00. The van der Waals surface area contributed by atoms with Gasteiger partial charge >= 0.3 is 0 Å². The van der Waals surface area contributed by atoms with Crippen molar-refractivity contribution >= 4 is 40.4 Å². The first kappa shape index (κ1) is 20.2. The number of carbonyl (C=O) groups is 2. The summed E-state index contributed by atoms with van der Waals surface area (Å²) in [5.74, 6) is -2.16. The van der Waals surface area contributed by atoms with Crippen molar-refractivity contribution in [2.45, 2.75) is 6.04 Å². The van der Waals surface area contributed by atoms with Gasteiger partial charge in [-0.25, -0.2) is 0 Å². The van der Waals surface area contributed by atoms with Gasteiger partial charge in [0, 0.05) is 40.8 Å². The average molecular weight is 436 g/mol. The number of nitro groups is 1. The van der Waals surface area contributed by atoms with Crippen molar-refractivity contribution in [3.05, 3.63) is 105 Å². The van der Waals surface area contributed by atoms with Crippen molar-refractivity contribution in [2.75, 3.05) is 4.90 Å². The Kier molecular flexibility index (Phi) is 5.22. The van der Waals surface area contributed by atoms with E-state index < -0.39 is 28.4 Å². The summed E-state index contributed by atoms with van der Waals surface area (Å²) in [7, 11) is 0. The molecule has 0 saturated carbocycles. The molecule has 1 amide bonds. The van der Waals surface area contributed by atoms with Gasteiger partial charge in [0.15, 0.2) is 0 Å². The molecule has 1 N–H and O–H groups in total. The first-order chi connectivity index (χ1) is 14.9. The minimum Gasteiger partial charge on any atom is -0.507 e. The van der Waals surface area contributed by atoms with Gasteiger partial charge in [-0.1, -0.05) is 23.7 Å². The Labute approximate surface area is 181 Å². The van der Waals surface area contributed by atoms with Crippen LogP contribution in [0.1, 0.15) is 17.2 Å². The highest BCUT2D eigenvalue weighted by Crippen LogP contribution is 2.42. The molecule has 8 nitrogen and oxygen atoms in total. The van der Waals surface area contributed by atoms with Gasteiger partial charge in [-0.15, -0.1) is 0 Å². The molecule has 1 unspecified atom stereocenters. The lowest BCUT2D eigenvalue weighted by Crippen LogP contribution is -2.29. The van der Waals surface area contributed by atoms with Crippen LogP contribution in [0, 0.1) is 10.1 Å². The Morgan fingerprint density at radius 3 is 2.45 bits per heavy atom. The number of anilines is 1. The van der Waals surface area contributed by atoms with E-state index in [1.54, 1.807) is 42.6 Å². The molecular formula is C22H14ClN3O5. The molecule has 1 aromatic heterocycles. The van der Waals surface area contributed by atoms with Crippen LogP contribution in [0.15, 0.2) is 78.6 Å². The standard InChI is InChI=1S/C22H14ClN3O5/c23-15-4-1-5-17(11-15)25-19(14-3-2-10-24-12-14)18(21(28)22(25)29)20(27)13-6-8-16(9-7-13)26(30)31/h1-12,19,27H/b20-18+. The van der Waals surface area contributed by atoms with Crippen molar-refractivity contribution in [3.8, 4) is 0 Å². The fraction of sp³-hybridized carbons (Fsp3) is 0.0455. The zero-order valence-electron chi connectivity index (χ0n) is 15.8. The summed E-state index contributed by atoms with van der Waals surface area (Å²) >= 11 is 6.08. The number of hydrogen-bond acceptors (Lipinski definition) is 6. The van der Waals surface area contributed by atoms with Crippen LogP contribution in [0.25, 0.3) is 5.76 Å². The third kappa shape index (κ3) is 3.64. The highest BCUT2D eigenvalue weighted by molar-refractivity contribution is 6.51. The highest BCUT2D eigenvalue weighted by atomic mass is 35.5. The lowest BCUT2D eigenvalue weighted by molar-refractivity contribution is -0.384. The Hall–Kier alpha value is -4.04. The molecule has 4 rings (SSSR count). The lowest BCUT2D eigenvalue weighted by atomic mass is 9.96. The maximum Gasteiger partial charge on any atom is 0.300 e. The smallest absolute Gasteiger partial charge is 0.300 e. The van der Waals surface area contributed by atoms with Gasteiger partial charge in [0.05, 0.1) is 16.5 Å². The van der Waals surface area contributed by atoms with E-state index in [4.69, 9.17) is 11.6 Å². The molecular weight excluding hydrogens is 422 g/mol. The van der Waals surface area contributed by atoms with E-state index in [9.17, 15) is 24.8 Å². The number of nitro benzene ring substituents is 1. The first-order valence-electron chi connectivity index (χ1n) is 9.10. The van der Waals surface area contributed by atoms with E-state index in [0.29, 0.717) is 16.3 Å². The number of benzene rings is 2. The van der Waals surface area contributed by atoms with Gasteiger partial charge in [0.25, 0.3) is 17.4 Å². The number of hydrogen-bond donors (Lipinski definition) is 1. The van der Waals surface area contributed by atoms with Gasteiger partial charge in [0.1, 0.15) is 5.76 Å². The topological polar surface area (TPSA) is 114 Å². The first-order valence-corrected chi connectivity index (χ1v) is 9.47. The molecule has 3 aromatic rings. The van der Waals surface area contributed by atoms with E-state index in [1.807, 2.05) is 0 Å². The normalized spacial score (nSPS) is 17.7. The summed E-state index contributed by atoms with van der Waals surface area (Å²) in [4.78, 5) is 41.6. The SMILES string of the molecule is O=C1C(=O)N(c2cccc(Cl)c2)C(c2cccnc2)/C1=C(\O)c1ccc([N+](=O)[O-])cc1. The molecule has 0 aliphatic carbocycles. The number of non-ortho nitro benzene ring substituents is 1. The summed E-state index contributed by atoms with van der Waals surface area (Å²) < 4.78 is 0. The van der Waals surface area contributed by atoms with Crippen LogP contribution in [0.3, 0.4) is 0 Å². The van der Waals surface area contributed by atoms with Crippen molar-refractivity contribution in [1.29, 1.82) is 0 Å². The number of aliphatic hydroxyl groups is 1. The van der Waals surface area contributed by atoms with E-state index in [-0.39, 0.29) is 16.8 Å². The summed E-state index contributed by atoms with van der Waals surface area (Å²) in [6, 6.07) is 13.9. The summed E-state index contributed by atoms with van der Waals surface area (Å²) in [5.41, 5.74) is 0.742. The predicted octanol–water partition coefficient (Wildman–Crippen LogP) is 4.27. The van der Waals surface area contributed by atoms with Gasteiger partial charge in [-0.3, -0.25) is 29.6 Å². The minimum atomic E-state index is -0.956. The zero-order valence-corrected chi connectivity index (χ0v) is 16.6. The second-order valence-electron chi connectivity index (χ2n) is 6.74. The molecule has 1 fully saturated rings. The second-order valence-corrected chi connectivity index (χ2v) is 7.18. The van der Waals surface area contributed by atoms with Gasteiger partial charge in [-0.2, -0.15) is 0 Å². The molecule has 1 saturated heterocycles. The van der Waals surface area contributed by atoms with Gasteiger partial charge < -0.3 is 5.11 Å². The number of carbonyl (C=O) groups excluding carboxylic acids is 2. The van der Waals surface area contributed by atoms with Crippen molar-refractivity contribution in [3.63, 3.8) is 0 Å². The molecule has 1 atom stereocenters. The third-order valence-corrected chi connectivity index (χ3v) is 5.12. The van der Waals surface area contributed by atoms with Crippen LogP contribution in [-0.2, 0) is 9.59 Å². The molecule has 0 spiro atoms. The van der Waals surface area contributed by atoms with Crippen LogP contribution >= 0.6 is 11.6 Å². The summed E-state index contributed by atoms with van der Waals surface area (Å²) in [5, 5.41) is 22.2. The number of halogens is 1. The predicted molar refractivity (Wildman–Crippen MR) is 114 cm³/mol. The number of nitrogens with zero attached hydrogens (tertiary/aromatic N) is 3. The van der Waals surface area contributed by atoms with Crippen LogP contribution in [-0.4, -0.2) is 26.7 Å². The lowest BCUT2D eigenvalue weighted by Gasteiger charge is -2.25. The Morgan fingerprint density at radius 2 is 1.84 bits per heavy atom. The summed E-state index contributed by atoms with van der Waals surface area (Å²) in [6.07, 6.45) is 3.04. The van der Waals surface area contributed by atoms with Crippen LogP contribution in [0.4, 0.5) is 11.4 Å². The largest absolute Gasteiger partial charge is 0.507 e. The number of amides is 1. The van der Waals surface area contributed by atoms with E-state index in [0.717, 1.165) is 0 Å². The molecule has 2 aromatic carbocycles. The molecule has 2 heterocycles. The molecule has 9 heteroatoms. The quantitative estimate of drug-likeness (QED) is 0.215. The molecule has 0 radical (unpaired) electrons. The number of pyridine rings is 1. The van der Waals surface area contributed by atoms with Crippen molar-refractivity contribution < 1.29 is 19.6 Å². The van der Waals surface area contributed by atoms with Gasteiger partial charge in [0.2, 0.25) is 0 Å². The van der Waals surface area contributed by atoms with Crippen molar-refractivity contribution in [2.24, 2.45) is 0 Å². The molecule has 0 bridgehead atoms. The highest BCUT2D eigenvalue weighted by Gasteiger charge is 2.47. The molecule has 1 aliphatic rings. The Bertz CT molecular complexity index is 1230. The number of Topliss-reactive ketones (excluding diaryl/α,β-unsaturated/α-hetero) is 1. The third-order valence-electron chi connectivity index (χ3n) is 4.88. The summed E-state index contributed by atoms with van der Waals surface area (Å²) in [6.45, 7) is 0. The Morgan fingerprint density at radius 1 is 1.10 bits per heavy atom. The van der Waals surface area contributed by atoms with Crippen LogP contribution < -0.4 is 4.90 Å². The maximum absolute atomic E-state index is 13.0. The fourth-order valence-electron chi connectivity index (χ4n) is 3.47. The van der Waals surface area contributed by atoms with E-state index in [2.05, 4.69) is 4.98 Å². The van der Waals surface area contributed by atoms with E-state index >= 15 is 0 Å². The number of aromatic nitrogens is 1. The number of rotatable bonds is 4. The zero-order chi connectivity index (χ0) is 22.1. The minimum absolute atomic E-state index is 0.146. The maximum atomic E-state index is 13.0. The fourth-order valence-corrected chi connectivity index (χ4v) is 3.66. The van der Waals surface area contributed by atoms with Crippen LogP contribution in [0.2, 0.25) is 5.02 Å². The average Bonchev–Trinajstić information content (AvgIpc) is 3.04. The van der Waals surface area contributed by atoms with Gasteiger partial charge in [-0.05, 0) is 42.0 Å². The van der Waals surface area contributed by atoms with Crippen molar-refractivity contribution in [1.82, 2.24) is 4.98 Å². The number of aliphatic hydroxyl groups excluding tert-OH is 1.